The molecule has 0 saturated carbocycles. The van der Waals surface area contributed by atoms with Crippen molar-refractivity contribution in [3.05, 3.63) is 78.1 Å². The molecule has 384 valence electrons. The van der Waals surface area contributed by atoms with Crippen LogP contribution in [-0.4, -0.2) is 188 Å². The van der Waals surface area contributed by atoms with Gasteiger partial charge < -0.3 is 88.1 Å². The zero-order chi connectivity index (χ0) is 51.1. The molecule has 5 unspecified atom stereocenters. The van der Waals surface area contributed by atoms with Crippen LogP contribution in [0.3, 0.4) is 0 Å². The van der Waals surface area contributed by atoms with E-state index in [-0.39, 0.29) is 75.1 Å². The number of urea groups is 1. The molecule has 0 bridgehead atoms. The molecule has 0 aromatic carbocycles. The number of aliphatic hydroxyl groups is 8. The summed E-state index contributed by atoms with van der Waals surface area (Å²) in [6.45, 7) is -0.928. The van der Waals surface area contributed by atoms with Crippen LogP contribution in [0.1, 0.15) is 44.4 Å². The molecule has 18 N–H and O–H groups in total. The standard InChI is InChI=1S/C9H11N5O4.C9H14N4O6.C9H14N4O4.C9H13N3O4/c15-3-4-1-6(16)8(18-4)14-2-5-7(10-9(14)17)12-13-11-5;10-7-5(13(17)18)2-12(9(16)11-7)8-6(15)1-4(3-14)19-8;10-5-2-13(9(16)12-7(5)11)8-6(15)1-4(3-14)17-8;10-7-1-2-12(9(15)11-7)8-6(14)3-5(4-13)16-8/h2,4,6,8,15-16H,1,3H2,(H,10,11,12,17);2,4,6-8,14-15H,1,3,10H2,(H,11,16);2,4,6,8,14-15H,1,3,10H2,(H2,11,12,16);1-2,5-6,8,13-14H,3-4H2,(H2,10,11,15)/t4-,6?,8+;4-,6?,7?,8+;4-,6?,8+;5-,6?,8+/m0000/s1. The molecule has 13 atom stereocenters. The van der Waals surface area contributed by atoms with Crippen LogP contribution in [0, 0.1) is 10.1 Å². The Hall–Kier alpha value is -6.67. The molecular weight excluding hydrogens is 944 g/mol. The number of aromatic amines is 1. The lowest BCUT2D eigenvalue weighted by atomic mass is 10.2. The first-order chi connectivity index (χ1) is 33.3. The molecule has 34 nitrogen and oxygen atoms in total. The maximum absolute atomic E-state index is 11.8. The summed E-state index contributed by atoms with van der Waals surface area (Å²) < 4.78 is 24.7. The summed E-state index contributed by atoms with van der Waals surface area (Å²) >= 11 is 0. The highest BCUT2D eigenvalue weighted by atomic mass is 16.6. The van der Waals surface area contributed by atoms with Gasteiger partial charge >= 0.3 is 23.1 Å². The van der Waals surface area contributed by atoms with E-state index in [9.17, 15) is 49.7 Å². The van der Waals surface area contributed by atoms with Gasteiger partial charge in [-0.1, -0.05) is 5.21 Å². The lowest BCUT2D eigenvalue weighted by molar-refractivity contribution is -0.432. The fraction of sp³-hybridized carbons (Fsp3) is 0.583. The number of aromatic nitrogens is 9. The van der Waals surface area contributed by atoms with Crippen molar-refractivity contribution in [1.29, 1.82) is 0 Å². The second-order valence-electron chi connectivity index (χ2n) is 16.0. The Morgan fingerprint density at radius 1 is 0.686 bits per heavy atom. The van der Waals surface area contributed by atoms with Crippen molar-refractivity contribution in [3.8, 4) is 0 Å². The number of H-pyrrole nitrogens is 1. The minimum absolute atomic E-state index is 0.0579. The average Bonchev–Trinajstić information content (AvgIpc) is 4.17. The Morgan fingerprint density at radius 2 is 1.14 bits per heavy atom. The van der Waals surface area contributed by atoms with Crippen LogP contribution in [-0.2, 0) is 18.9 Å². The van der Waals surface area contributed by atoms with Crippen LogP contribution in [0.4, 0.5) is 22.1 Å². The summed E-state index contributed by atoms with van der Waals surface area (Å²) in [5, 5.41) is 97.5. The first-order valence-electron chi connectivity index (χ1n) is 21.0. The molecule has 5 aliphatic heterocycles. The van der Waals surface area contributed by atoms with E-state index in [1.54, 1.807) is 0 Å². The molecule has 0 aliphatic carbocycles. The van der Waals surface area contributed by atoms with Gasteiger partial charge in [-0.25, -0.2) is 19.2 Å². The van der Waals surface area contributed by atoms with Gasteiger partial charge in [-0.15, -0.1) is 5.10 Å². The van der Waals surface area contributed by atoms with Crippen molar-refractivity contribution in [1.82, 2.24) is 54.3 Å². The maximum atomic E-state index is 11.8. The van der Waals surface area contributed by atoms with Gasteiger partial charge in [0.2, 0.25) is 5.65 Å². The molecule has 4 aromatic rings. The van der Waals surface area contributed by atoms with E-state index in [0.717, 1.165) is 20.2 Å². The van der Waals surface area contributed by atoms with E-state index >= 15 is 0 Å². The molecule has 4 saturated heterocycles. The molecule has 70 heavy (non-hydrogen) atoms. The molecule has 9 heterocycles. The van der Waals surface area contributed by atoms with Crippen molar-refractivity contribution >= 4 is 34.5 Å². The lowest BCUT2D eigenvalue weighted by Gasteiger charge is -2.31. The highest BCUT2D eigenvalue weighted by Gasteiger charge is 2.44. The minimum atomic E-state index is -1.22. The quantitative estimate of drug-likeness (QED) is 0.0547. The van der Waals surface area contributed by atoms with Crippen LogP contribution in [0.2, 0.25) is 0 Å². The lowest BCUT2D eigenvalue weighted by Crippen LogP contribution is -2.57. The number of rotatable bonds is 9. The Kier molecular flexibility index (Phi) is 17.2. The first kappa shape index (κ1) is 52.7. The van der Waals surface area contributed by atoms with Gasteiger partial charge in [0, 0.05) is 44.3 Å². The normalized spacial score (nSPS) is 30.4. The number of hydrogen-bond acceptors (Lipinski definition) is 27. The number of hydrogen-bond donors (Lipinski definition) is 14. The number of carbonyl (C=O) groups is 1. The largest absolute Gasteiger partial charge is 0.395 e. The number of nitrogens with zero attached hydrogens (tertiary/aromatic N) is 10. The Morgan fingerprint density at radius 3 is 1.63 bits per heavy atom. The predicted octanol–water partition coefficient (Wildman–Crippen LogP) is -7.45. The average molecular weight is 997 g/mol. The van der Waals surface area contributed by atoms with Gasteiger partial charge in [0.05, 0.1) is 67.7 Å². The van der Waals surface area contributed by atoms with Gasteiger partial charge in [0.1, 0.15) is 35.8 Å². The third kappa shape index (κ3) is 12.0. The van der Waals surface area contributed by atoms with Crippen molar-refractivity contribution in [2.75, 3.05) is 43.6 Å². The van der Waals surface area contributed by atoms with Crippen LogP contribution in [0.15, 0.2) is 50.9 Å². The molecule has 4 aromatic heterocycles. The topological polar surface area (TPSA) is 525 Å². The zero-order valence-corrected chi connectivity index (χ0v) is 36.5. The van der Waals surface area contributed by atoms with Crippen molar-refractivity contribution < 1.29 is 69.5 Å². The first-order valence-corrected chi connectivity index (χ1v) is 21.0. The Bertz CT molecular complexity index is 2670. The number of carbonyl (C=O) groups excluding carboxylic acids is 1. The van der Waals surface area contributed by atoms with Crippen molar-refractivity contribution in [3.63, 3.8) is 0 Å². The van der Waals surface area contributed by atoms with Crippen molar-refractivity contribution in [2.24, 2.45) is 5.73 Å². The number of ether oxygens (including phenoxy) is 4. The number of nitrogen functional groups attached to an aromatic ring is 3. The summed E-state index contributed by atoms with van der Waals surface area (Å²) in [6.07, 6.45) is -4.51. The molecule has 0 spiro atoms. The predicted molar refractivity (Wildman–Crippen MR) is 231 cm³/mol. The summed E-state index contributed by atoms with van der Waals surface area (Å²) in [4.78, 5) is 68.2. The monoisotopic (exact) mass is 996 g/mol. The number of amides is 2. The van der Waals surface area contributed by atoms with Gasteiger partial charge in [-0.3, -0.25) is 33.8 Å². The molecule has 4 fully saturated rings. The zero-order valence-electron chi connectivity index (χ0n) is 36.5. The number of nitrogens with one attached hydrogen (secondary N) is 2. The Labute approximate surface area is 391 Å². The highest BCUT2D eigenvalue weighted by molar-refractivity contribution is 5.77. The second-order valence-corrected chi connectivity index (χ2v) is 16.0. The molecule has 2 amide bonds. The van der Waals surface area contributed by atoms with Crippen LogP contribution in [0.5, 0.6) is 0 Å². The van der Waals surface area contributed by atoms with E-state index in [1.165, 1.54) is 29.2 Å². The smallest absolute Gasteiger partial charge is 0.352 e. The number of nitrogens with two attached hydrogens (primary N) is 4. The van der Waals surface area contributed by atoms with E-state index < -0.39 is 114 Å². The molecule has 9 rings (SSSR count). The van der Waals surface area contributed by atoms with Gasteiger partial charge in [-0.2, -0.15) is 15.0 Å². The number of anilines is 3. The van der Waals surface area contributed by atoms with Crippen LogP contribution < -0.4 is 45.3 Å². The maximum Gasteiger partial charge on any atom is 0.352 e. The van der Waals surface area contributed by atoms with Gasteiger partial charge in [0.25, 0.3) is 5.70 Å². The fourth-order valence-corrected chi connectivity index (χ4v) is 7.53. The second kappa shape index (κ2) is 22.8. The number of aliphatic hydroxyl groups excluding tert-OH is 8. The van der Waals surface area contributed by atoms with E-state index in [0.29, 0.717) is 5.52 Å². The summed E-state index contributed by atoms with van der Waals surface area (Å²) in [5.74, 6) is 0.0601. The summed E-state index contributed by atoms with van der Waals surface area (Å²) in [5.41, 5.74) is 20.3. The third-order valence-electron chi connectivity index (χ3n) is 11.0. The van der Waals surface area contributed by atoms with E-state index in [1.807, 2.05) is 0 Å². The van der Waals surface area contributed by atoms with E-state index in [2.05, 4.69) is 35.7 Å². The number of fused-ring (bicyclic) bond motifs is 1. The van der Waals surface area contributed by atoms with Crippen molar-refractivity contribution in [2.45, 2.75) is 106 Å². The molecule has 0 radical (unpaired) electrons. The highest BCUT2D eigenvalue weighted by Crippen LogP contribution is 2.30. The molecule has 5 aliphatic rings. The van der Waals surface area contributed by atoms with E-state index in [4.69, 9.17) is 62.3 Å². The molecular formula is C36H52N16O18. The Balaban J connectivity index is 0.000000153. The van der Waals surface area contributed by atoms with Gasteiger partial charge in [0.15, 0.2) is 36.9 Å². The fourth-order valence-electron chi connectivity index (χ4n) is 7.53. The van der Waals surface area contributed by atoms with Gasteiger partial charge in [-0.05, 0) is 6.07 Å². The molecule has 34 heteroatoms. The van der Waals surface area contributed by atoms with Crippen LogP contribution >= 0.6 is 0 Å². The summed E-state index contributed by atoms with van der Waals surface area (Å²) in [7, 11) is 0. The third-order valence-corrected chi connectivity index (χ3v) is 11.0. The minimum Gasteiger partial charge on any atom is -0.395 e. The SMILES string of the molecule is NC1NC(=O)N([C@@H]2O[C@H](CO)CC2O)C=C1[N+](=O)[O-].Nc1ccn([C@@H]2O[C@H](CO)CC2O)c(=O)n1.Nc1cn([C@@H]2O[C@H](CO)CC2O)c(=O)nc1N.O=c1nc2nn[nH]c2cn1[C@@H]1O[C@H](CO)CC1O. The summed E-state index contributed by atoms with van der Waals surface area (Å²) in [6, 6.07) is 0.741. The number of nitro groups is 1. The van der Waals surface area contributed by atoms with Crippen LogP contribution in [0.25, 0.3) is 11.2 Å².